The number of alkyl halides is 3. The molecule has 0 unspecified atom stereocenters. The summed E-state index contributed by atoms with van der Waals surface area (Å²) in [6.07, 6.45) is -4.75. The molecule has 0 saturated carbocycles. The quantitative estimate of drug-likeness (QED) is 0.499. The number of carbonyl (C=O) groups is 1. The fourth-order valence-corrected chi connectivity index (χ4v) is 1.20. The van der Waals surface area contributed by atoms with Crippen LogP contribution in [0.4, 0.5) is 23.2 Å². The number of hydrogen-bond acceptors (Lipinski definition) is 3. The molecular formula is C10H9F4NO2. The number of nitrogens with two attached hydrogens (primary N) is 1. The van der Waals surface area contributed by atoms with Gasteiger partial charge in [-0.25, -0.2) is 9.18 Å². The molecule has 0 spiro atoms. The highest BCUT2D eigenvalue weighted by Gasteiger charge is 2.34. The van der Waals surface area contributed by atoms with Gasteiger partial charge in [0.25, 0.3) is 0 Å². The molecule has 1 aromatic rings. The van der Waals surface area contributed by atoms with Gasteiger partial charge in [-0.3, -0.25) is 0 Å². The van der Waals surface area contributed by atoms with Crippen LogP contribution in [0, 0.1) is 5.82 Å². The van der Waals surface area contributed by atoms with Crippen molar-refractivity contribution in [1.29, 1.82) is 0 Å². The summed E-state index contributed by atoms with van der Waals surface area (Å²) in [5, 5.41) is 0. The number of halogens is 4. The Bertz CT molecular complexity index is 443. The number of ether oxygens (including phenoxy) is 1. The Kier molecular flexibility index (Phi) is 3.59. The molecule has 3 nitrogen and oxygen atoms in total. The predicted octanol–water partition coefficient (Wildman–Crippen LogP) is 2.60. The summed E-state index contributed by atoms with van der Waals surface area (Å²) in [6, 6.07) is 0.803. The number of rotatable bonds is 2. The first-order valence-corrected chi connectivity index (χ1v) is 4.60. The summed E-state index contributed by atoms with van der Waals surface area (Å²) in [4.78, 5) is 11.2. The van der Waals surface area contributed by atoms with E-state index in [1.54, 1.807) is 0 Å². The van der Waals surface area contributed by atoms with Crippen molar-refractivity contribution in [1.82, 2.24) is 0 Å². The molecule has 2 N–H and O–H groups in total. The number of esters is 1. The van der Waals surface area contributed by atoms with Crippen molar-refractivity contribution in [3.05, 3.63) is 29.1 Å². The molecule has 0 heterocycles. The van der Waals surface area contributed by atoms with Crippen LogP contribution in [-0.4, -0.2) is 12.6 Å². The smallest absolute Gasteiger partial charge is 0.418 e. The lowest BCUT2D eigenvalue weighted by Gasteiger charge is -2.12. The predicted molar refractivity (Wildman–Crippen MR) is 51.8 cm³/mol. The van der Waals surface area contributed by atoms with E-state index in [4.69, 9.17) is 5.73 Å². The minimum Gasteiger partial charge on any atom is -0.462 e. The van der Waals surface area contributed by atoms with Crippen molar-refractivity contribution in [2.24, 2.45) is 0 Å². The van der Waals surface area contributed by atoms with Gasteiger partial charge >= 0.3 is 12.1 Å². The van der Waals surface area contributed by atoms with Crippen LogP contribution in [0.25, 0.3) is 0 Å². The van der Waals surface area contributed by atoms with Gasteiger partial charge in [-0.1, -0.05) is 0 Å². The van der Waals surface area contributed by atoms with Crippen LogP contribution in [0.2, 0.25) is 0 Å². The first-order valence-electron chi connectivity index (χ1n) is 4.60. The zero-order chi connectivity index (χ0) is 13.2. The van der Waals surface area contributed by atoms with Gasteiger partial charge in [0.15, 0.2) is 0 Å². The van der Waals surface area contributed by atoms with Crippen LogP contribution in [0.1, 0.15) is 22.8 Å². The maximum Gasteiger partial charge on any atom is 0.418 e. The standard InChI is InChI=1S/C10H9F4NO2/c1-2-17-9(16)5-3-6(10(12,13)14)8(15)4-7(5)11/h3-4H,2,15H2,1H3. The van der Waals surface area contributed by atoms with Gasteiger partial charge in [-0.2, -0.15) is 13.2 Å². The molecule has 0 amide bonds. The van der Waals surface area contributed by atoms with E-state index in [0.717, 1.165) is 0 Å². The van der Waals surface area contributed by atoms with Gasteiger partial charge in [0.1, 0.15) is 5.82 Å². The van der Waals surface area contributed by atoms with Gasteiger partial charge < -0.3 is 10.5 Å². The zero-order valence-corrected chi connectivity index (χ0v) is 8.77. The van der Waals surface area contributed by atoms with E-state index < -0.39 is 34.8 Å². The first-order chi connectivity index (χ1) is 7.77. The Morgan fingerprint density at radius 1 is 1.41 bits per heavy atom. The molecule has 0 fully saturated rings. The maximum atomic E-state index is 13.2. The zero-order valence-electron chi connectivity index (χ0n) is 8.77. The molecule has 0 aliphatic carbocycles. The van der Waals surface area contributed by atoms with Crippen LogP contribution in [0.5, 0.6) is 0 Å². The van der Waals surface area contributed by atoms with Crippen LogP contribution in [-0.2, 0) is 10.9 Å². The Morgan fingerprint density at radius 3 is 2.47 bits per heavy atom. The highest BCUT2D eigenvalue weighted by molar-refractivity contribution is 5.90. The highest BCUT2D eigenvalue weighted by Crippen LogP contribution is 2.35. The van der Waals surface area contributed by atoms with Gasteiger partial charge in [-0.15, -0.1) is 0 Å². The third-order valence-corrected chi connectivity index (χ3v) is 1.94. The summed E-state index contributed by atoms with van der Waals surface area (Å²) in [6.45, 7) is 1.39. The van der Waals surface area contributed by atoms with Crippen LogP contribution in [0.3, 0.4) is 0 Å². The number of carbonyl (C=O) groups excluding carboxylic acids is 1. The average Bonchev–Trinajstić information content (AvgIpc) is 2.15. The third-order valence-electron chi connectivity index (χ3n) is 1.94. The minimum absolute atomic E-state index is 0.0655. The summed E-state index contributed by atoms with van der Waals surface area (Å²) in [7, 11) is 0. The van der Waals surface area contributed by atoms with Crippen molar-refractivity contribution in [2.45, 2.75) is 13.1 Å². The van der Waals surface area contributed by atoms with Crippen molar-refractivity contribution in [3.63, 3.8) is 0 Å². The molecule has 0 aliphatic heterocycles. The Labute approximate surface area is 94.2 Å². The van der Waals surface area contributed by atoms with Gasteiger partial charge in [0.2, 0.25) is 0 Å². The van der Waals surface area contributed by atoms with E-state index >= 15 is 0 Å². The Hall–Kier alpha value is -1.79. The molecule has 0 radical (unpaired) electrons. The molecule has 1 rings (SSSR count). The van der Waals surface area contributed by atoms with Gasteiger partial charge in [-0.05, 0) is 19.1 Å². The number of benzene rings is 1. The molecule has 0 atom stereocenters. The molecule has 0 bridgehead atoms. The van der Waals surface area contributed by atoms with E-state index in [0.29, 0.717) is 12.1 Å². The normalized spacial score (nSPS) is 11.4. The molecule has 7 heteroatoms. The summed E-state index contributed by atoms with van der Waals surface area (Å²) in [5.74, 6) is -2.30. The molecule has 0 aromatic heterocycles. The highest BCUT2D eigenvalue weighted by atomic mass is 19.4. The second-order valence-electron chi connectivity index (χ2n) is 3.14. The lowest BCUT2D eigenvalue weighted by atomic mass is 10.1. The van der Waals surface area contributed by atoms with Gasteiger partial charge in [0, 0.05) is 5.69 Å². The van der Waals surface area contributed by atoms with E-state index in [9.17, 15) is 22.4 Å². The Balaban J connectivity index is 3.29. The van der Waals surface area contributed by atoms with Crippen molar-refractivity contribution < 1.29 is 27.1 Å². The van der Waals surface area contributed by atoms with Crippen LogP contribution >= 0.6 is 0 Å². The maximum absolute atomic E-state index is 13.2. The topological polar surface area (TPSA) is 52.3 Å². The SMILES string of the molecule is CCOC(=O)c1cc(C(F)(F)F)c(N)cc1F. The molecular weight excluding hydrogens is 242 g/mol. The van der Waals surface area contributed by atoms with Gasteiger partial charge in [0.05, 0.1) is 17.7 Å². The fourth-order valence-electron chi connectivity index (χ4n) is 1.20. The molecule has 94 valence electrons. The molecule has 0 aliphatic rings. The largest absolute Gasteiger partial charge is 0.462 e. The summed E-state index contributed by atoms with van der Waals surface area (Å²) >= 11 is 0. The van der Waals surface area contributed by atoms with E-state index in [-0.39, 0.29) is 6.61 Å². The monoisotopic (exact) mass is 251 g/mol. The average molecular weight is 251 g/mol. The fraction of sp³-hybridized carbons (Fsp3) is 0.300. The Morgan fingerprint density at radius 2 is 2.00 bits per heavy atom. The molecule has 1 aromatic carbocycles. The summed E-state index contributed by atoms with van der Waals surface area (Å²) < 4.78 is 55.0. The first kappa shape index (κ1) is 13.3. The van der Waals surface area contributed by atoms with Crippen LogP contribution in [0.15, 0.2) is 12.1 Å². The second-order valence-corrected chi connectivity index (χ2v) is 3.14. The number of nitrogen functional groups attached to an aromatic ring is 1. The second kappa shape index (κ2) is 4.60. The van der Waals surface area contributed by atoms with Crippen molar-refractivity contribution in [2.75, 3.05) is 12.3 Å². The molecule has 0 saturated heterocycles. The van der Waals surface area contributed by atoms with E-state index in [1.807, 2.05) is 0 Å². The molecule has 17 heavy (non-hydrogen) atoms. The lowest BCUT2D eigenvalue weighted by Crippen LogP contribution is -2.14. The number of hydrogen-bond donors (Lipinski definition) is 1. The third kappa shape index (κ3) is 2.86. The number of anilines is 1. The van der Waals surface area contributed by atoms with Crippen molar-refractivity contribution in [3.8, 4) is 0 Å². The van der Waals surface area contributed by atoms with E-state index in [2.05, 4.69) is 4.74 Å². The van der Waals surface area contributed by atoms with Crippen LogP contribution < -0.4 is 5.73 Å². The van der Waals surface area contributed by atoms with Crippen molar-refractivity contribution >= 4 is 11.7 Å². The minimum atomic E-state index is -4.75. The van der Waals surface area contributed by atoms with E-state index in [1.165, 1.54) is 6.92 Å². The lowest BCUT2D eigenvalue weighted by molar-refractivity contribution is -0.136. The summed E-state index contributed by atoms with van der Waals surface area (Å²) in [5.41, 5.74) is 2.22.